The number of nitrogens with zero attached hydrogens (tertiary/aromatic N) is 7. The van der Waals surface area contributed by atoms with Crippen molar-refractivity contribution in [1.29, 1.82) is 0 Å². The van der Waals surface area contributed by atoms with Gasteiger partial charge in [0, 0.05) is 62.8 Å². The summed E-state index contributed by atoms with van der Waals surface area (Å²) in [5, 5.41) is 17.9. The molecule has 0 spiro atoms. The van der Waals surface area contributed by atoms with Gasteiger partial charge >= 0.3 is 0 Å². The molecule has 0 unspecified atom stereocenters. The van der Waals surface area contributed by atoms with Crippen molar-refractivity contribution < 1.29 is 4.74 Å². The van der Waals surface area contributed by atoms with Gasteiger partial charge in [-0.25, -0.2) is 4.98 Å². The van der Waals surface area contributed by atoms with Gasteiger partial charge in [-0.2, -0.15) is 10.2 Å². The number of hydrogen-bond donors (Lipinski definition) is 1. The molecule has 9 heteroatoms. The van der Waals surface area contributed by atoms with Crippen LogP contribution in [0.15, 0.2) is 36.9 Å². The minimum atomic E-state index is 0.199. The molecule has 1 aliphatic rings. The predicted molar refractivity (Wildman–Crippen MR) is 114 cm³/mol. The fraction of sp³-hybridized carbons (Fsp3) is 0.429. The Labute approximate surface area is 174 Å². The summed E-state index contributed by atoms with van der Waals surface area (Å²) in [4.78, 5) is 4.52. The van der Waals surface area contributed by atoms with Crippen molar-refractivity contribution >= 4 is 16.7 Å². The van der Waals surface area contributed by atoms with Crippen LogP contribution in [0.3, 0.4) is 0 Å². The summed E-state index contributed by atoms with van der Waals surface area (Å²) in [5.74, 6) is 1.54. The van der Waals surface area contributed by atoms with Gasteiger partial charge in [0.2, 0.25) is 5.88 Å². The number of anilines is 1. The van der Waals surface area contributed by atoms with Crippen molar-refractivity contribution in [3.8, 4) is 17.1 Å². The van der Waals surface area contributed by atoms with Gasteiger partial charge in [-0.05, 0) is 25.7 Å². The van der Waals surface area contributed by atoms with E-state index >= 15 is 0 Å². The first-order valence-electron chi connectivity index (χ1n) is 10.3. The highest BCUT2D eigenvalue weighted by atomic mass is 16.5. The van der Waals surface area contributed by atoms with Crippen LogP contribution in [0.4, 0.5) is 5.82 Å². The van der Waals surface area contributed by atoms with Gasteiger partial charge in [-0.3, -0.25) is 14.0 Å². The average Bonchev–Trinajstić information content (AvgIpc) is 3.46. The second kappa shape index (κ2) is 7.47. The lowest BCUT2D eigenvalue weighted by Crippen LogP contribution is -2.26. The predicted octanol–water partition coefficient (Wildman–Crippen LogP) is 3.17. The van der Waals surface area contributed by atoms with E-state index in [2.05, 4.69) is 31.2 Å². The Morgan fingerprint density at radius 2 is 1.90 bits per heavy atom. The molecule has 1 N–H and O–H groups in total. The van der Waals surface area contributed by atoms with Crippen LogP contribution in [0.2, 0.25) is 0 Å². The molecule has 4 aromatic heterocycles. The molecule has 0 atom stereocenters. The quantitative estimate of drug-likeness (QED) is 0.548. The molecule has 9 nitrogen and oxygen atoms in total. The Balaban J connectivity index is 1.42. The lowest BCUT2D eigenvalue weighted by Gasteiger charge is -2.29. The van der Waals surface area contributed by atoms with Gasteiger partial charge in [0.15, 0.2) is 0 Å². The van der Waals surface area contributed by atoms with Gasteiger partial charge in [-0.15, -0.1) is 5.10 Å². The second-order valence-electron chi connectivity index (χ2n) is 7.91. The fourth-order valence-electron chi connectivity index (χ4n) is 4.24. The van der Waals surface area contributed by atoms with Crippen LogP contribution in [0, 0.1) is 0 Å². The maximum atomic E-state index is 6.07. The van der Waals surface area contributed by atoms with E-state index in [9.17, 15) is 0 Å². The van der Waals surface area contributed by atoms with E-state index < -0.39 is 0 Å². The molecular formula is C21H26N8O. The molecular weight excluding hydrogens is 380 g/mol. The molecule has 30 heavy (non-hydrogen) atoms. The van der Waals surface area contributed by atoms with Crippen LogP contribution in [0.5, 0.6) is 5.88 Å². The van der Waals surface area contributed by atoms with Crippen LogP contribution in [-0.4, -0.2) is 47.5 Å². The van der Waals surface area contributed by atoms with Crippen LogP contribution in [-0.2, 0) is 14.1 Å². The largest absolute Gasteiger partial charge is 0.473 e. The number of aryl methyl sites for hydroxylation is 2. The van der Waals surface area contributed by atoms with E-state index in [4.69, 9.17) is 9.84 Å². The number of nitrogens with one attached hydrogen (secondary N) is 1. The van der Waals surface area contributed by atoms with Crippen molar-refractivity contribution in [3.05, 3.63) is 36.9 Å². The molecule has 0 amide bonds. The molecule has 1 fully saturated rings. The van der Waals surface area contributed by atoms with E-state index in [0.29, 0.717) is 11.9 Å². The summed E-state index contributed by atoms with van der Waals surface area (Å²) >= 11 is 0. The third kappa shape index (κ3) is 3.40. The van der Waals surface area contributed by atoms with Crippen molar-refractivity contribution in [2.75, 3.05) is 12.4 Å². The van der Waals surface area contributed by atoms with Gasteiger partial charge in [0.05, 0.1) is 17.8 Å². The van der Waals surface area contributed by atoms with Crippen LogP contribution in [0.25, 0.3) is 22.2 Å². The normalized spacial score (nSPS) is 19.3. The first-order valence-corrected chi connectivity index (χ1v) is 10.3. The van der Waals surface area contributed by atoms with E-state index in [0.717, 1.165) is 53.7 Å². The molecule has 156 valence electrons. The van der Waals surface area contributed by atoms with Crippen LogP contribution in [0.1, 0.15) is 31.7 Å². The zero-order valence-electron chi connectivity index (χ0n) is 17.5. The molecule has 0 saturated heterocycles. The Morgan fingerprint density at radius 1 is 1.07 bits per heavy atom. The van der Waals surface area contributed by atoms with Crippen LogP contribution < -0.4 is 10.1 Å². The molecule has 5 rings (SSSR count). The molecule has 0 radical (unpaired) electrons. The first kappa shape index (κ1) is 18.7. The van der Waals surface area contributed by atoms with Crippen molar-refractivity contribution in [1.82, 2.24) is 34.3 Å². The summed E-state index contributed by atoms with van der Waals surface area (Å²) < 4.78 is 11.8. The third-order valence-electron chi connectivity index (χ3n) is 5.79. The monoisotopic (exact) mass is 406 g/mol. The number of fused-ring (bicyclic) bond motifs is 1. The minimum absolute atomic E-state index is 0.199. The molecule has 4 heterocycles. The highest BCUT2D eigenvalue weighted by Gasteiger charge is 2.27. The Hall–Kier alpha value is -3.36. The third-order valence-corrected chi connectivity index (χ3v) is 5.79. The molecule has 1 aliphatic carbocycles. The Bertz CT molecular complexity index is 1170. The smallest absolute Gasteiger partial charge is 0.232 e. The first-order chi connectivity index (χ1) is 14.6. The molecule has 4 aromatic rings. The maximum absolute atomic E-state index is 6.07. The SMILES string of the molecule is CNc1cc2c(cn1)c(-c1cnn(C)c1)nn2C1CCC(Oc2ccn(C)n2)CC1. The Kier molecular flexibility index (Phi) is 4.65. The number of ether oxygens (including phenoxy) is 1. The number of hydrogen-bond acceptors (Lipinski definition) is 6. The highest BCUT2D eigenvalue weighted by Crippen LogP contribution is 2.36. The van der Waals surface area contributed by atoms with Crippen molar-refractivity contribution in [2.45, 2.75) is 37.8 Å². The molecule has 0 aromatic carbocycles. The van der Waals surface area contributed by atoms with E-state index in [1.54, 1.807) is 9.36 Å². The van der Waals surface area contributed by atoms with Gasteiger partial charge in [0.25, 0.3) is 0 Å². The summed E-state index contributed by atoms with van der Waals surface area (Å²) in [5.41, 5.74) is 3.04. The van der Waals surface area contributed by atoms with Crippen molar-refractivity contribution in [3.63, 3.8) is 0 Å². The zero-order valence-corrected chi connectivity index (χ0v) is 17.5. The van der Waals surface area contributed by atoms with Crippen LogP contribution >= 0.6 is 0 Å². The lowest BCUT2D eigenvalue weighted by atomic mass is 9.93. The summed E-state index contributed by atoms with van der Waals surface area (Å²) in [6.45, 7) is 0. The van der Waals surface area contributed by atoms with Crippen molar-refractivity contribution in [2.24, 2.45) is 14.1 Å². The van der Waals surface area contributed by atoms with E-state index in [1.165, 1.54) is 0 Å². The number of aromatic nitrogens is 7. The summed E-state index contributed by atoms with van der Waals surface area (Å²) in [6.07, 6.45) is 11.9. The maximum Gasteiger partial charge on any atom is 0.232 e. The second-order valence-corrected chi connectivity index (χ2v) is 7.91. The minimum Gasteiger partial charge on any atom is -0.473 e. The van der Waals surface area contributed by atoms with E-state index in [1.807, 2.05) is 52.0 Å². The summed E-state index contributed by atoms with van der Waals surface area (Å²) in [6, 6.07) is 4.33. The fourth-order valence-corrected chi connectivity index (χ4v) is 4.24. The van der Waals surface area contributed by atoms with Gasteiger partial charge in [0.1, 0.15) is 17.6 Å². The highest BCUT2D eigenvalue weighted by molar-refractivity contribution is 5.93. The standard InChI is InChI=1S/C21H26N8O/c1-22-19-10-18-17(12-23-19)21(14-11-24-28(3)13-14)26-29(18)15-4-6-16(7-5-15)30-20-8-9-27(2)25-20/h8-13,15-16H,4-7H2,1-3H3,(H,22,23). The number of rotatable bonds is 5. The zero-order chi connectivity index (χ0) is 20.7. The van der Waals surface area contributed by atoms with Gasteiger partial charge in [-0.1, -0.05) is 0 Å². The lowest BCUT2D eigenvalue weighted by molar-refractivity contribution is 0.125. The average molecular weight is 406 g/mol. The topological polar surface area (TPSA) is 87.6 Å². The van der Waals surface area contributed by atoms with E-state index in [-0.39, 0.29) is 6.10 Å². The molecule has 1 saturated carbocycles. The number of pyridine rings is 1. The van der Waals surface area contributed by atoms with Gasteiger partial charge < -0.3 is 10.1 Å². The summed E-state index contributed by atoms with van der Waals surface area (Å²) in [7, 11) is 5.71. The Morgan fingerprint density at radius 3 is 2.57 bits per heavy atom. The molecule has 0 aliphatic heterocycles. The molecule has 0 bridgehead atoms.